The standard InChI is InChI=1S/C12H11ClN2O3/c1-6-10(7-5-15-18-12(7)14)8(13)4-9-11(6)17-3-2-16-9/h4-5H,2-3,14H2,1H3. The van der Waals surface area contributed by atoms with E-state index in [1.54, 1.807) is 12.3 Å². The van der Waals surface area contributed by atoms with E-state index < -0.39 is 0 Å². The summed E-state index contributed by atoms with van der Waals surface area (Å²) < 4.78 is 16.0. The molecule has 0 radical (unpaired) electrons. The average Bonchev–Trinajstić information content (AvgIpc) is 2.76. The summed E-state index contributed by atoms with van der Waals surface area (Å²) >= 11 is 6.27. The number of hydrogen-bond acceptors (Lipinski definition) is 5. The Morgan fingerprint density at radius 1 is 1.33 bits per heavy atom. The Morgan fingerprint density at radius 2 is 2.11 bits per heavy atom. The molecule has 0 saturated carbocycles. The molecule has 2 aromatic rings. The van der Waals surface area contributed by atoms with Gasteiger partial charge in [0.25, 0.3) is 0 Å². The fourth-order valence-corrected chi connectivity index (χ4v) is 2.42. The molecule has 2 N–H and O–H groups in total. The molecule has 0 amide bonds. The minimum atomic E-state index is 0.233. The zero-order chi connectivity index (χ0) is 12.7. The lowest BCUT2D eigenvalue weighted by Crippen LogP contribution is -2.16. The monoisotopic (exact) mass is 266 g/mol. The quantitative estimate of drug-likeness (QED) is 0.859. The SMILES string of the molecule is Cc1c2c(cc(Cl)c1-c1cnoc1N)OCCO2. The van der Waals surface area contributed by atoms with Gasteiger partial charge in [0, 0.05) is 17.2 Å². The van der Waals surface area contributed by atoms with Crippen LogP contribution in [0.1, 0.15) is 5.56 Å². The fraction of sp³-hybridized carbons (Fsp3) is 0.250. The van der Waals surface area contributed by atoms with Crippen LogP contribution < -0.4 is 15.2 Å². The van der Waals surface area contributed by atoms with Gasteiger partial charge in [0.1, 0.15) is 13.2 Å². The molecule has 3 rings (SSSR count). The summed E-state index contributed by atoms with van der Waals surface area (Å²) in [4.78, 5) is 0. The summed E-state index contributed by atoms with van der Waals surface area (Å²) in [5, 5.41) is 4.20. The van der Waals surface area contributed by atoms with Gasteiger partial charge in [-0.05, 0) is 6.92 Å². The molecule has 18 heavy (non-hydrogen) atoms. The highest BCUT2D eigenvalue weighted by molar-refractivity contribution is 6.34. The molecule has 0 atom stereocenters. The number of fused-ring (bicyclic) bond motifs is 1. The molecule has 1 aromatic heterocycles. The highest BCUT2D eigenvalue weighted by atomic mass is 35.5. The van der Waals surface area contributed by atoms with Crippen molar-refractivity contribution in [3.05, 3.63) is 22.8 Å². The summed E-state index contributed by atoms with van der Waals surface area (Å²) in [6, 6.07) is 1.73. The summed E-state index contributed by atoms with van der Waals surface area (Å²) in [5.41, 5.74) is 8.02. The number of hydrogen-bond donors (Lipinski definition) is 1. The molecule has 0 bridgehead atoms. The van der Waals surface area contributed by atoms with Crippen molar-refractivity contribution in [3.63, 3.8) is 0 Å². The Bertz CT molecular complexity index is 610. The Morgan fingerprint density at radius 3 is 2.83 bits per heavy atom. The van der Waals surface area contributed by atoms with Gasteiger partial charge in [-0.3, -0.25) is 0 Å². The van der Waals surface area contributed by atoms with E-state index in [9.17, 15) is 0 Å². The van der Waals surface area contributed by atoms with Crippen molar-refractivity contribution in [2.24, 2.45) is 0 Å². The maximum absolute atomic E-state index is 6.27. The summed E-state index contributed by atoms with van der Waals surface area (Å²) in [7, 11) is 0. The van der Waals surface area contributed by atoms with Gasteiger partial charge in [0.2, 0.25) is 5.88 Å². The molecule has 1 aliphatic heterocycles. The third-order valence-electron chi connectivity index (χ3n) is 2.89. The van der Waals surface area contributed by atoms with E-state index in [2.05, 4.69) is 5.16 Å². The third kappa shape index (κ3) is 1.59. The van der Waals surface area contributed by atoms with Gasteiger partial charge < -0.3 is 19.7 Å². The predicted octanol–water partition coefficient (Wildman–Crippen LogP) is 2.66. The number of anilines is 1. The number of ether oxygens (including phenoxy) is 2. The van der Waals surface area contributed by atoms with E-state index in [4.69, 9.17) is 31.3 Å². The largest absolute Gasteiger partial charge is 0.486 e. The molecule has 0 spiro atoms. The molecular formula is C12H11ClN2O3. The number of nitrogen functional groups attached to an aromatic ring is 1. The van der Waals surface area contributed by atoms with Crippen LogP contribution in [0.4, 0.5) is 5.88 Å². The second-order valence-corrected chi connectivity index (χ2v) is 4.39. The fourth-order valence-electron chi connectivity index (χ4n) is 2.08. The van der Waals surface area contributed by atoms with Gasteiger partial charge in [-0.15, -0.1) is 0 Å². The summed E-state index contributed by atoms with van der Waals surface area (Å²) in [6.07, 6.45) is 1.54. The van der Waals surface area contributed by atoms with Crippen LogP contribution in [-0.4, -0.2) is 18.4 Å². The normalized spacial score (nSPS) is 13.7. The number of nitrogens with zero attached hydrogens (tertiary/aromatic N) is 1. The zero-order valence-electron chi connectivity index (χ0n) is 9.70. The lowest BCUT2D eigenvalue weighted by molar-refractivity contribution is 0.170. The van der Waals surface area contributed by atoms with Gasteiger partial charge in [0.15, 0.2) is 11.5 Å². The molecule has 6 heteroatoms. The van der Waals surface area contributed by atoms with E-state index >= 15 is 0 Å². The van der Waals surface area contributed by atoms with E-state index in [0.717, 1.165) is 11.1 Å². The van der Waals surface area contributed by atoms with Crippen molar-refractivity contribution < 1.29 is 14.0 Å². The van der Waals surface area contributed by atoms with E-state index in [-0.39, 0.29) is 5.88 Å². The van der Waals surface area contributed by atoms with Crippen LogP contribution in [0.25, 0.3) is 11.1 Å². The van der Waals surface area contributed by atoms with Gasteiger partial charge in [-0.1, -0.05) is 16.8 Å². The Hall–Kier alpha value is -1.88. The summed E-state index contributed by atoms with van der Waals surface area (Å²) in [5.74, 6) is 1.58. The van der Waals surface area contributed by atoms with Crippen molar-refractivity contribution in [2.45, 2.75) is 6.92 Å². The molecular weight excluding hydrogens is 256 g/mol. The third-order valence-corrected chi connectivity index (χ3v) is 3.19. The van der Waals surface area contributed by atoms with Crippen molar-refractivity contribution in [2.75, 3.05) is 18.9 Å². The van der Waals surface area contributed by atoms with Crippen molar-refractivity contribution in [1.82, 2.24) is 5.16 Å². The maximum Gasteiger partial charge on any atom is 0.230 e. The first-order valence-electron chi connectivity index (χ1n) is 5.47. The highest BCUT2D eigenvalue weighted by Crippen LogP contribution is 2.45. The van der Waals surface area contributed by atoms with Crippen LogP contribution in [0.2, 0.25) is 5.02 Å². The first-order valence-corrected chi connectivity index (χ1v) is 5.85. The van der Waals surface area contributed by atoms with Crippen LogP contribution in [-0.2, 0) is 0 Å². The molecule has 0 saturated heterocycles. The van der Waals surface area contributed by atoms with Crippen LogP contribution in [0.5, 0.6) is 11.5 Å². The van der Waals surface area contributed by atoms with Crippen LogP contribution in [0, 0.1) is 6.92 Å². The molecule has 94 valence electrons. The van der Waals surface area contributed by atoms with Crippen molar-refractivity contribution >= 4 is 17.5 Å². The molecule has 0 aliphatic carbocycles. The molecule has 2 heterocycles. The minimum absolute atomic E-state index is 0.233. The molecule has 0 fully saturated rings. The van der Waals surface area contributed by atoms with Gasteiger partial charge in [-0.25, -0.2) is 0 Å². The van der Waals surface area contributed by atoms with Gasteiger partial charge in [0.05, 0.1) is 16.8 Å². The summed E-state index contributed by atoms with van der Waals surface area (Å²) in [6.45, 7) is 2.95. The van der Waals surface area contributed by atoms with E-state index in [0.29, 0.717) is 35.3 Å². The average molecular weight is 267 g/mol. The highest BCUT2D eigenvalue weighted by Gasteiger charge is 2.22. The first kappa shape index (κ1) is 11.2. The minimum Gasteiger partial charge on any atom is -0.486 e. The van der Waals surface area contributed by atoms with Crippen LogP contribution >= 0.6 is 11.6 Å². The van der Waals surface area contributed by atoms with Crippen molar-refractivity contribution in [1.29, 1.82) is 0 Å². The lowest BCUT2D eigenvalue weighted by atomic mass is 10.0. The zero-order valence-corrected chi connectivity index (χ0v) is 10.5. The molecule has 1 aromatic carbocycles. The van der Waals surface area contributed by atoms with Crippen LogP contribution in [0.15, 0.2) is 16.8 Å². The second kappa shape index (κ2) is 4.10. The van der Waals surface area contributed by atoms with Gasteiger partial charge in [-0.2, -0.15) is 0 Å². The van der Waals surface area contributed by atoms with Crippen LogP contribution in [0.3, 0.4) is 0 Å². The second-order valence-electron chi connectivity index (χ2n) is 3.99. The smallest absolute Gasteiger partial charge is 0.230 e. The number of halogens is 1. The lowest BCUT2D eigenvalue weighted by Gasteiger charge is -2.22. The Balaban J connectivity index is 2.24. The number of benzene rings is 1. The van der Waals surface area contributed by atoms with E-state index in [1.165, 1.54) is 0 Å². The molecule has 0 unspecified atom stereocenters. The maximum atomic E-state index is 6.27. The van der Waals surface area contributed by atoms with Crippen molar-refractivity contribution in [3.8, 4) is 22.6 Å². The predicted molar refractivity (Wildman–Crippen MR) is 67.1 cm³/mol. The number of aromatic nitrogens is 1. The van der Waals surface area contributed by atoms with E-state index in [1.807, 2.05) is 6.92 Å². The molecule has 5 nitrogen and oxygen atoms in total. The Kier molecular flexibility index (Phi) is 2.56. The Labute approximate surface area is 108 Å². The van der Waals surface area contributed by atoms with Gasteiger partial charge >= 0.3 is 0 Å². The number of rotatable bonds is 1. The number of nitrogens with two attached hydrogens (primary N) is 1. The first-order chi connectivity index (χ1) is 8.68. The molecule has 1 aliphatic rings. The topological polar surface area (TPSA) is 70.5 Å².